The Bertz CT molecular complexity index is 397. The molecular weight excluding hydrogens is 234 g/mol. The van der Waals surface area contributed by atoms with Crippen LogP contribution in [-0.4, -0.2) is 29.0 Å². The summed E-state index contributed by atoms with van der Waals surface area (Å²) in [6.07, 6.45) is 7.41. The van der Waals surface area contributed by atoms with Crippen molar-refractivity contribution in [3.8, 4) is 0 Å². The molecule has 0 radical (unpaired) electrons. The summed E-state index contributed by atoms with van der Waals surface area (Å²) in [5.74, 6) is 0.905. The second-order valence-electron chi connectivity index (χ2n) is 6.11. The van der Waals surface area contributed by atoms with Crippen molar-refractivity contribution in [2.75, 3.05) is 13.1 Å². The minimum Gasteiger partial charge on any atom is -0.310 e. The Labute approximate surface area is 116 Å². The van der Waals surface area contributed by atoms with Crippen LogP contribution in [0.3, 0.4) is 0 Å². The SMILES string of the molecule is CCC1CCN(Cc2ccc(CNC3CC3)cn2)C1. The van der Waals surface area contributed by atoms with Crippen molar-refractivity contribution in [1.82, 2.24) is 15.2 Å². The Kier molecular flexibility index (Phi) is 4.14. The molecule has 1 aromatic heterocycles. The summed E-state index contributed by atoms with van der Waals surface area (Å²) in [6.45, 7) is 6.79. The molecule has 19 heavy (non-hydrogen) atoms. The number of nitrogens with zero attached hydrogens (tertiary/aromatic N) is 2. The fourth-order valence-corrected chi connectivity index (χ4v) is 2.82. The molecule has 1 atom stereocenters. The molecule has 1 aromatic rings. The smallest absolute Gasteiger partial charge is 0.0544 e. The lowest BCUT2D eigenvalue weighted by molar-refractivity contribution is 0.311. The van der Waals surface area contributed by atoms with Gasteiger partial charge >= 0.3 is 0 Å². The zero-order valence-electron chi connectivity index (χ0n) is 11.9. The van der Waals surface area contributed by atoms with Crippen LogP contribution in [0.5, 0.6) is 0 Å². The lowest BCUT2D eigenvalue weighted by atomic mass is 10.1. The molecule has 1 N–H and O–H groups in total. The summed E-state index contributed by atoms with van der Waals surface area (Å²) in [4.78, 5) is 7.15. The first kappa shape index (κ1) is 13.1. The Hall–Kier alpha value is -0.930. The van der Waals surface area contributed by atoms with Crippen molar-refractivity contribution in [3.63, 3.8) is 0 Å². The van der Waals surface area contributed by atoms with E-state index in [2.05, 4.69) is 34.3 Å². The summed E-state index contributed by atoms with van der Waals surface area (Å²) < 4.78 is 0. The summed E-state index contributed by atoms with van der Waals surface area (Å²) in [6, 6.07) is 5.20. The van der Waals surface area contributed by atoms with Crippen LogP contribution in [0.2, 0.25) is 0 Å². The van der Waals surface area contributed by atoms with Crippen LogP contribution in [0.15, 0.2) is 18.3 Å². The maximum absolute atomic E-state index is 4.61. The molecule has 0 spiro atoms. The van der Waals surface area contributed by atoms with E-state index in [4.69, 9.17) is 0 Å². The van der Waals surface area contributed by atoms with Crippen LogP contribution in [0.25, 0.3) is 0 Å². The number of hydrogen-bond donors (Lipinski definition) is 1. The third-order valence-corrected chi connectivity index (χ3v) is 4.39. The molecule has 2 fully saturated rings. The first-order chi connectivity index (χ1) is 9.33. The van der Waals surface area contributed by atoms with Crippen molar-refractivity contribution >= 4 is 0 Å². The van der Waals surface area contributed by atoms with E-state index in [1.54, 1.807) is 0 Å². The van der Waals surface area contributed by atoms with Crippen LogP contribution < -0.4 is 5.32 Å². The summed E-state index contributed by atoms with van der Waals surface area (Å²) in [5.41, 5.74) is 2.52. The van der Waals surface area contributed by atoms with Gasteiger partial charge in [0.05, 0.1) is 5.69 Å². The minimum atomic E-state index is 0.773. The van der Waals surface area contributed by atoms with E-state index in [9.17, 15) is 0 Å². The van der Waals surface area contributed by atoms with E-state index < -0.39 is 0 Å². The molecule has 104 valence electrons. The van der Waals surface area contributed by atoms with Gasteiger partial charge in [-0.2, -0.15) is 0 Å². The fourth-order valence-electron chi connectivity index (χ4n) is 2.82. The Balaban J connectivity index is 1.48. The van der Waals surface area contributed by atoms with Gasteiger partial charge in [0, 0.05) is 31.9 Å². The summed E-state index contributed by atoms with van der Waals surface area (Å²) >= 11 is 0. The predicted octanol–water partition coefficient (Wildman–Crippen LogP) is 2.57. The molecule has 3 rings (SSSR count). The van der Waals surface area contributed by atoms with Gasteiger partial charge in [-0.1, -0.05) is 19.4 Å². The summed E-state index contributed by atoms with van der Waals surface area (Å²) in [5, 5.41) is 3.53. The number of aromatic nitrogens is 1. The van der Waals surface area contributed by atoms with Gasteiger partial charge in [-0.3, -0.25) is 9.88 Å². The average Bonchev–Trinajstić information content (AvgIpc) is 3.17. The topological polar surface area (TPSA) is 28.2 Å². The van der Waals surface area contributed by atoms with E-state index in [0.29, 0.717) is 0 Å². The molecule has 1 aliphatic carbocycles. The standard InChI is InChI=1S/C16H25N3/c1-2-13-7-8-19(11-13)12-16-4-3-14(10-18-16)9-17-15-5-6-15/h3-4,10,13,15,17H,2,5-9,11-12H2,1H3. The molecule has 1 saturated heterocycles. The normalized spacial score (nSPS) is 23.9. The van der Waals surface area contributed by atoms with Crippen LogP contribution in [-0.2, 0) is 13.1 Å². The lowest BCUT2D eigenvalue weighted by Crippen LogP contribution is -2.21. The van der Waals surface area contributed by atoms with Crippen LogP contribution in [0.1, 0.15) is 43.9 Å². The summed E-state index contributed by atoms with van der Waals surface area (Å²) in [7, 11) is 0. The molecule has 2 aliphatic rings. The van der Waals surface area contributed by atoms with Crippen molar-refractivity contribution in [2.24, 2.45) is 5.92 Å². The van der Waals surface area contributed by atoms with Gasteiger partial charge in [-0.15, -0.1) is 0 Å². The third kappa shape index (κ3) is 3.77. The van der Waals surface area contributed by atoms with Crippen LogP contribution >= 0.6 is 0 Å². The zero-order chi connectivity index (χ0) is 13.1. The largest absolute Gasteiger partial charge is 0.310 e. The fraction of sp³-hybridized carbons (Fsp3) is 0.688. The Morgan fingerprint density at radius 3 is 2.84 bits per heavy atom. The highest BCUT2D eigenvalue weighted by Crippen LogP contribution is 2.21. The second-order valence-corrected chi connectivity index (χ2v) is 6.11. The number of likely N-dealkylation sites (tertiary alicyclic amines) is 1. The Morgan fingerprint density at radius 1 is 1.32 bits per heavy atom. The van der Waals surface area contributed by atoms with Crippen molar-refractivity contribution < 1.29 is 0 Å². The molecule has 0 amide bonds. The Morgan fingerprint density at radius 2 is 2.21 bits per heavy atom. The van der Waals surface area contributed by atoms with Gasteiger partial charge in [-0.05, 0) is 43.4 Å². The number of rotatable bonds is 6. The lowest BCUT2D eigenvalue weighted by Gasteiger charge is -2.15. The molecule has 0 aromatic carbocycles. The number of hydrogen-bond acceptors (Lipinski definition) is 3. The van der Waals surface area contributed by atoms with Crippen molar-refractivity contribution in [1.29, 1.82) is 0 Å². The van der Waals surface area contributed by atoms with Gasteiger partial charge in [0.15, 0.2) is 0 Å². The highest BCUT2D eigenvalue weighted by molar-refractivity contribution is 5.14. The predicted molar refractivity (Wildman–Crippen MR) is 77.8 cm³/mol. The first-order valence-corrected chi connectivity index (χ1v) is 7.73. The quantitative estimate of drug-likeness (QED) is 0.851. The van der Waals surface area contributed by atoms with Crippen molar-refractivity contribution in [2.45, 2.75) is 51.7 Å². The highest BCUT2D eigenvalue weighted by Gasteiger charge is 2.21. The first-order valence-electron chi connectivity index (χ1n) is 7.73. The van der Waals surface area contributed by atoms with E-state index in [1.807, 2.05) is 6.20 Å². The molecule has 3 nitrogen and oxygen atoms in total. The zero-order valence-corrected chi connectivity index (χ0v) is 11.9. The van der Waals surface area contributed by atoms with Crippen LogP contribution in [0.4, 0.5) is 0 Å². The molecule has 1 aliphatic heterocycles. The van der Waals surface area contributed by atoms with Gasteiger partial charge in [-0.25, -0.2) is 0 Å². The number of nitrogens with one attached hydrogen (secondary N) is 1. The van der Waals surface area contributed by atoms with Crippen LogP contribution in [0, 0.1) is 5.92 Å². The molecule has 1 unspecified atom stereocenters. The van der Waals surface area contributed by atoms with Gasteiger partial charge in [0.2, 0.25) is 0 Å². The maximum atomic E-state index is 4.61. The maximum Gasteiger partial charge on any atom is 0.0544 e. The molecule has 2 heterocycles. The monoisotopic (exact) mass is 259 g/mol. The minimum absolute atomic E-state index is 0.773. The molecule has 3 heteroatoms. The van der Waals surface area contributed by atoms with E-state index in [-0.39, 0.29) is 0 Å². The highest BCUT2D eigenvalue weighted by atomic mass is 15.1. The van der Waals surface area contributed by atoms with Gasteiger partial charge in [0.25, 0.3) is 0 Å². The molecular formula is C16H25N3. The number of pyridine rings is 1. The van der Waals surface area contributed by atoms with E-state index >= 15 is 0 Å². The van der Waals surface area contributed by atoms with Gasteiger partial charge < -0.3 is 5.32 Å². The van der Waals surface area contributed by atoms with Crippen molar-refractivity contribution in [3.05, 3.63) is 29.6 Å². The van der Waals surface area contributed by atoms with E-state index in [1.165, 1.54) is 50.0 Å². The average molecular weight is 259 g/mol. The molecule has 0 bridgehead atoms. The second kappa shape index (κ2) is 6.02. The van der Waals surface area contributed by atoms with E-state index in [0.717, 1.165) is 25.0 Å². The van der Waals surface area contributed by atoms with Gasteiger partial charge in [0.1, 0.15) is 0 Å². The molecule has 1 saturated carbocycles. The third-order valence-electron chi connectivity index (χ3n) is 4.39.